The van der Waals surface area contributed by atoms with Crippen molar-refractivity contribution in [1.82, 2.24) is 5.32 Å². The highest BCUT2D eigenvalue weighted by Crippen LogP contribution is 2.09. The third-order valence-electron chi connectivity index (χ3n) is 2.91. The molecule has 18 heavy (non-hydrogen) atoms. The fourth-order valence-corrected chi connectivity index (χ4v) is 1.74. The molecule has 0 radical (unpaired) electrons. The Morgan fingerprint density at radius 2 is 1.83 bits per heavy atom. The van der Waals surface area contributed by atoms with Gasteiger partial charge in [-0.1, -0.05) is 24.3 Å². The van der Waals surface area contributed by atoms with Crippen LogP contribution in [0.1, 0.15) is 30.9 Å². The van der Waals surface area contributed by atoms with Crippen molar-refractivity contribution >= 4 is 19.5 Å². The van der Waals surface area contributed by atoms with Gasteiger partial charge in [-0.3, -0.25) is 4.79 Å². The first-order valence-corrected chi connectivity index (χ1v) is 6.08. The Morgan fingerprint density at radius 3 is 2.33 bits per heavy atom. The lowest BCUT2D eigenvalue weighted by Crippen LogP contribution is -2.23. The topological polar surface area (TPSA) is 49.3 Å². The van der Waals surface area contributed by atoms with Crippen molar-refractivity contribution in [3.8, 4) is 0 Å². The molecule has 1 aromatic carbocycles. The van der Waals surface area contributed by atoms with Crippen LogP contribution in [0.2, 0.25) is 0 Å². The molecule has 0 fully saturated rings. The number of hydrogen-bond donors (Lipinski definition) is 2. The molecule has 0 aliphatic carbocycles. The summed E-state index contributed by atoms with van der Waals surface area (Å²) in [7, 11) is 1.96. The number of aryl methyl sites for hydroxylation is 1. The van der Waals surface area contributed by atoms with E-state index in [1.54, 1.807) is 0 Å². The van der Waals surface area contributed by atoms with E-state index in [0.717, 1.165) is 12.8 Å². The van der Waals surface area contributed by atoms with E-state index in [-0.39, 0.29) is 19.9 Å². The molecule has 0 spiro atoms. The van der Waals surface area contributed by atoms with Gasteiger partial charge in [-0.15, -0.1) is 0 Å². The average molecular weight is 269 g/mol. The van der Waals surface area contributed by atoms with Crippen LogP contribution in [0.3, 0.4) is 0 Å². The van der Waals surface area contributed by atoms with Gasteiger partial charge in [0.25, 0.3) is 0 Å². The molecule has 0 unspecified atom stereocenters. The van der Waals surface area contributed by atoms with E-state index in [2.05, 4.69) is 36.5 Å². The highest BCUT2D eigenvalue weighted by molar-refractivity contribution is 7.59. The van der Waals surface area contributed by atoms with E-state index in [1.807, 2.05) is 7.05 Å². The molecule has 1 rings (SSSR count). The van der Waals surface area contributed by atoms with Crippen molar-refractivity contribution < 1.29 is 9.90 Å². The van der Waals surface area contributed by atoms with Gasteiger partial charge in [0.05, 0.1) is 0 Å². The molecule has 0 aliphatic heterocycles. The number of nitrogens with one attached hydrogen (secondary N) is 1. The second kappa shape index (κ2) is 9.00. The van der Waals surface area contributed by atoms with E-state index >= 15 is 0 Å². The molecule has 0 saturated heterocycles. The first kappa shape index (κ1) is 17.0. The zero-order chi connectivity index (χ0) is 12.7. The maximum Gasteiger partial charge on any atom is 0.303 e. The molecule has 3 nitrogen and oxygen atoms in total. The summed E-state index contributed by atoms with van der Waals surface area (Å²) in [6.07, 6.45) is 2.82. The minimum absolute atomic E-state index is 0. The fraction of sp³-hybridized carbons (Fsp3) is 0.500. The molecule has 1 aromatic rings. The van der Waals surface area contributed by atoms with Gasteiger partial charge in [-0.05, 0) is 44.4 Å². The number of aliphatic carboxylic acids is 1. The first-order chi connectivity index (χ1) is 8.11. The second-order valence-electron chi connectivity index (χ2n) is 4.46. The summed E-state index contributed by atoms with van der Waals surface area (Å²) in [5.74, 6) is -0.718. The molecule has 0 bridgehead atoms. The van der Waals surface area contributed by atoms with Gasteiger partial charge in [0.2, 0.25) is 0 Å². The number of likely N-dealkylation sites (N-methyl/N-ethyl adjacent to an activating group) is 1. The van der Waals surface area contributed by atoms with E-state index in [0.29, 0.717) is 12.5 Å². The van der Waals surface area contributed by atoms with Crippen LogP contribution in [-0.2, 0) is 17.6 Å². The van der Waals surface area contributed by atoms with Gasteiger partial charge in [0, 0.05) is 12.5 Å². The predicted octanol–water partition coefficient (Wildman–Crippen LogP) is 2.36. The van der Waals surface area contributed by atoms with Crippen LogP contribution in [0, 0.1) is 0 Å². The quantitative estimate of drug-likeness (QED) is 0.799. The van der Waals surface area contributed by atoms with Crippen molar-refractivity contribution in [2.75, 3.05) is 7.05 Å². The van der Waals surface area contributed by atoms with Crippen LogP contribution in [0.15, 0.2) is 24.3 Å². The third-order valence-corrected chi connectivity index (χ3v) is 2.91. The molecule has 4 heteroatoms. The van der Waals surface area contributed by atoms with Gasteiger partial charge in [-0.25, -0.2) is 0 Å². The van der Waals surface area contributed by atoms with Crippen molar-refractivity contribution in [2.24, 2.45) is 0 Å². The summed E-state index contributed by atoms with van der Waals surface area (Å²) in [6.45, 7) is 2.15. The first-order valence-electron chi connectivity index (χ1n) is 6.08. The number of hydrogen-bond acceptors (Lipinski definition) is 2. The summed E-state index contributed by atoms with van der Waals surface area (Å²) in [5, 5.41) is 11.8. The number of rotatable bonds is 7. The van der Waals surface area contributed by atoms with Crippen LogP contribution in [0.4, 0.5) is 0 Å². The van der Waals surface area contributed by atoms with E-state index in [4.69, 9.17) is 5.11 Å². The maximum absolute atomic E-state index is 10.4. The largest absolute Gasteiger partial charge is 0.481 e. The molecule has 0 saturated carbocycles. The van der Waals surface area contributed by atoms with E-state index in [1.165, 1.54) is 11.1 Å². The van der Waals surface area contributed by atoms with E-state index in [9.17, 15) is 4.79 Å². The van der Waals surface area contributed by atoms with Gasteiger partial charge in [0.1, 0.15) is 0 Å². The fourth-order valence-electron chi connectivity index (χ4n) is 1.74. The molecule has 1 atom stereocenters. The second-order valence-corrected chi connectivity index (χ2v) is 4.46. The normalized spacial score (nSPS) is 11.7. The number of benzene rings is 1. The van der Waals surface area contributed by atoms with E-state index < -0.39 is 5.97 Å². The summed E-state index contributed by atoms with van der Waals surface area (Å²) < 4.78 is 0. The highest BCUT2D eigenvalue weighted by atomic mass is 32.1. The average Bonchev–Trinajstić information content (AvgIpc) is 2.31. The molecule has 102 valence electrons. The SMILES string of the molecule is CN[C@H](C)Cc1ccc(CCCC(=O)O)cc1.S. The van der Waals surface area contributed by atoms with Crippen molar-refractivity contribution in [1.29, 1.82) is 0 Å². The Labute approximate surface area is 116 Å². The Bertz CT molecular complexity index is 351. The monoisotopic (exact) mass is 269 g/mol. The zero-order valence-electron chi connectivity index (χ0n) is 11.1. The van der Waals surface area contributed by atoms with Gasteiger partial charge < -0.3 is 10.4 Å². The lowest BCUT2D eigenvalue weighted by Gasteiger charge is -2.10. The smallest absolute Gasteiger partial charge is 0.303 e. The Kier molecular flexibility index (Phi) is 8.50. The standard InChI is InChI=1S/C14H21NO2.H2S/c1-11(15-2)10-13-8-6-12(7-9-13)4-3-5-14(16)17;/h6-9,11,15H,3-5,10H2,1-2H3,(H,16,17);1H2/t11-;/m1./s1. The van der Waals surface area contributed by atoms with Crippen LogP contribution >= 0.6 is 13.5 Å². The molecular weight excluding hydrogens is 246 g/mol. The maximum atomic E-state index is 10.4. The van der Waals surface area contributed by atoms with Gasteiger partial charge in [0.15, 0.2) is 0 Å². The lowest BCUT2D eigenvalue weighted by atomic mass is 10.0. The molecule has 0 amide bonds. The third kappa shape index (κ3) is 6.67. The Morgan fingerprint density at radius 1 is 1.28 bits per heavy atom. The Balaban J connectivity index is 0.00000289. The molecular formula is C14H23NO2S. The summed E-state index contributed by atoms with van der Waals surface area (Å²) in [4.78, 5) is 10.4. The van der Waals surface area contributed by atoms with Gasteiger partial charge in [-0.2, -0.15) is 13.5 Å². The van der Waals surface area contributed by atoms with Gasteiger partial charge >= 0.3 is 5.97 Å². The van der Waals surface area contributed by atoms with Crippen molar-refractivity contribution in [3.05, 3.63) is 35.4 Å². The Hall–Kier alpha value is -1.00. The molecule has 0 aliphatic rings. The number of carbonyl (C=O) groups is 1. The predicted molar refractivity (Wildman–Crippen MR) is 79.6 cm³/mol. The van der Waals surface area contributed by atoms with Crippen LogP contribution in [0.5, 0.6) is 0 Å². The summed E-state index contributed by atoms with van der Waals surface area (Å²) in [6, 6.07) is 8.93. The van der Waals surface area contributed by atoms with Crippen molar-refractivity contribution in [2.45, 2.75) is 38.6 Å². The van der Waals surface area contributed by atoms with Crippen molar-refractivity contribution in [3.63, 3.8) is 0 Å². The minimum atomic E-state index is -0.718. The summed E-state index contributed by atoms with van der Waals surface area (Å²) >= 11 is 0. The lowest BCUT2D eigenvalue weighted by molar-refractivity contribution is -0.137. The number of carboxylic acids is 1. The highest BCUT2D eigenvalue weighted by Gasteiger charge is 2.01. The molecule has 0 heterocycles. The van der Waals surface area contributed by atoms with Crippen LogP contribution in [-0.4, -0.2) is 24.2 Å². The molecule has 0 aromatic heterocycles. The minimum Gasteiger partial charge on any atom is -0.481 e. The summed E-state index contributed by atoms with van der Waals surface area (Å²) in [5.41, 5.74) is 2.53. The zero-order valence-corrected chi connectivity index (χ0v) is 12.1. The molecule has 2 N–H and O–H groups in total. The van der Waals surface area contributed by atoms with Crippen LogP contribution in [0.25, 0.3) is 0 Å². The van der Waals surface area contributed by atoms with Crippen LogP contribution < -0.4 is 5.32 Å². The number of carboxylic acid groups (broad SMARTS) is 1.